The number of carbonyl (C=O) groups is 1. The highest BCUT2D eigenvalue weighted by atomic mass is 79.9. The molecule has 2 aromatic rings. The molecule has 8 heteroatoms. The predicted octanol–water partition coefficient (Wildman–Crippen LogP) is 3.65. The van der Waals surface area contributed by atoms with E-state index in [9.17, 15) is 10.1 Å². The third-order valence-corrected chi connectivity index (χ3v) is 4.96. The number of aromatic nitrogens is 2. The highest BCUT2D eigenvalue weighted by molar-refractivity contribution is 9.10. The molecule has 0 radical (unpaired) electrons. The summed E-state index contributed by atoms with van der Waals surface area (Å²) in [6.07, 6.45) is 0. The van der Waals surface area contributed by atoms with E-state index in [4.69, 9.17) is 4.42 Å². The molecule has 1 aromatic carbocycles. The van der Waals surface area contributed by atoms with Gasteiger partial charge in [0.2, 0.25) is 11.8 Å². The normalized spacial score (nSPS) is 13.3. The summed E-state index contributed by atoms with van der Waals surface area (Å²) >= 11 is 4.50. The highest BCUT2D eigenvalue weighted by Crippen LogP contribution is 2.24. The number of nitriles is 1. The van der Waals surface area contributed by atoms with E-state index >= 15 is 0 Å². The number of nitrogens with zero attached hydrogens (tertiary/aromatic N) is 3. The van der Waals surface area contributed by atoms with Gasteiger partial charge in [-0.2, -0.15) is 5.26 Å². The van der Waals surface area contributed by atoms with Crippen LogP contribution in [0.4, 0.5) is 0 Å². The summed E-state index contributed by atoms with van der Waals surface area (Å²) in [5, 5.41) is 20.2. The number of rotatable bonds is 6. The SMILES string of the molecule is CC(C)[C@@](C)(C#N)NC(=O)CSc1nnc(-c2ccc(Br)cc2)o1. The lowest BCUT2D eigenvalue weighted by molar-refractivity contribution is -0.120. The minimum absolute atomic E-state index is 0.00358. The standard InChI is InChI=1S/C16H17BrN4O2S/c1-10(2)16(3,9-18)19-13(22)8-24-15-21-20-14(23-15)11-4-6-12(17)7-5-11/h4-7,10H,8H2,1-3H3,(H,19,22)/t16-/m1/s1. The molecule has 0 unspecified atom stereocenters. The van der Waals surface area contributed by atoms with Gasteiger partial charge in [0.1, 0.15) is 5.54 Å². The van der Waals surface area contributed by atoms with Gasteiger partial charge in [-0.15, -0.1) is 10.2 Å². The number of benzene rings is 1. The number of thioether (sulfide) groups is 1. The molecule has 0 saturated carbocycles. The van der Waals surface area contributed by atoms with Crippen LogP contribution in [0.3, 0.4) is 0 Å². The third-order valence-electron chi connectivity index (χ3n) is 3.61. The summed E-state index contributed by atoms with van der Waals surface area (Å²) in [7, 11) is 0. The summed E-state index contributed by atoms with van der Waals surface area (Å²) in [5.74, 6) is 0.255. The van der Waals surface area contributed by atoms with Gasteiger partial charge in [-0.25, -0.2) is 0 Å². The molecule has 0 aliphatic carbocycles. The Balaban J connectivity index is 1.95. The molecule has 0 spiro atoms. The molecule has 1 atom stereocenters. The molecule has 0 fully saturated rings. The van der Waals surface area contributed by atoms with E-state index in [-0.39, 0.29) is 17.6 Å². The zero-order valence-electron chi connectivity index (χ0n) is 13.5. The van der Waals surface area contributed by atoms with Crippen LogP contribution in [-0.4, -0.2) is 27.4 Å². The minimum Gasteiger partial charge on any atom is -0.411 e. The minimum atomic E-state index is -0.894. The van der Waals surface area contributed by atoms with Gasteiger partial charge in [-0.05, 0) is 37.1 Å². The van der Waals surface area contributed by atoms with Crippen molar-refractivity contribution in [1.29, 1.82) is 5.26 Å². The Labute approximate surface area is 153 Å². The zero-order valence-corrected chi connectivity index (χ0v) is 15.9. The second-order valence-corrected chi connectivity index (χ2v) is 7.53. The first-order valence-electron chi connectivity index (χ1n) is 7.28. The molecule has 2 rings (SSSR count). The van der Waals surface area contributed by atoms with E-state index < -0.39 is 5.54 Å². The van der Waals surface area contributed by atoms with E-state index in [0.717, 1.165) is 21.8 Å². The van der Waals surface area contributed by atoms with Crippen LogP contribution in [-0.2, 0) is 4.79 Å². The van der Waals surface area contributed by atoms with Gasteiger partial charge in [-0.3, -0.25) is 4.79 Å². The number of hydrogen-bond acceptors (Lipinski definition) is 6. The van der Waals surface area contributed by atoms with Gasteiger partial charge in [0.05, 0.1) is 11.8 Å². The largest absolute Gasteiger partial charge is 0.411 e. The van der Waals surface area contributed by atoms with Crippen molar-refractivity contribution in [3.05, 3.63) is 28.7 Å². The molecular weight excluding hydrogens is 392 g/mol. The number of halogens is 1. The summed E-state index contributed by atoms with van der Waals surface area (Å²) in [4.78, 5) is 12.0. The first kappa shape index (κ1) is 18.5. The molecular formula is C16H17BrN4O2S. The topological polar surface area (TPSA) is 91.8 Å². The first-order chi connectivity index (χ1) is 11.3. The van der Waals surface area contributed by atoms with Gasteiger partial charge in [0.25, 0.3) is 5.22 Å². The van der Waals surface area contributed by atoms with E-state index in [1.165, 1.54) is 0 Å². The van der Waals surface area contributed by atoms with E-state index in [1.807, 2.05) is 38.1 Å². The molecule has 0 saturated heterocycles. The second kappa shape index (κ2) is 7.81. The Kier molecular flexibility index (Phi) is 6.02. The van der Waals surface area contributed by atoms with Crippen molar-refractivity contribution in [2.45, 2.75) is 31.5 Å². The van der Waals surface area contributed by atoms with Crippen LogP contribution in [0.15, 0.2) is 38.4 Å². The number of nitrogens with one attached hydrogen (secondary N) is 1. The molecule has 126 valence electrons. The highest BCUT2D eigenvalue weighted by Gasteiger charge is 2.30. The fourth-order valence-corrected chi connectivity index (χ4v) is 2.56. The Morgan fingerprint density at radius 3 is 2.67 bits per heavy atom. The summed E-state index contributed by atoms with van der Waals surface area (Å²) in [5.41, 5.74) is -0.0893. The Morgan fingerprint density at radius 2 is 2.08 bits per heavy atom. The fourth-order valence-electron chi connectivity index (χ4n) is 1.73. The van der Waals surface area contributed by atoms with Crippen LogP contribution in [0.5, 0.6) is 0 Å². The van der Waals surface area contributed by atoms with Crippen LogP contribution >= 0.6 is 27.7 Å². The maximum absolute atomic E-state index is 12.0. The van der Waals surface area contributed by atoms with Crippen molar-refractivity contribution < 1.29 is 9.21 Å². The van der Waals surface area contributed by atoms with E-state index in [1.54, 1.807) is 6.92 Å². The molecule has 6 nitrogen and oxygen atoms in total. The maximum Gasteiger partial charge on any atom is 0.277 e. The Bertz CT molecular complexity index is 754. The molecule has 0 bridgehead atoms. The van der Waals surface area contributed by atoms with Crippen molar-refractivity contribution in [1.82, 2.24) is 15.5 Å². The average molecular weight is 409 g/mol. The van der Waals surface area contributed by atoms with Crippen molar-refractivity contribution in [2.75, 3.05) is 5.75 Å². The van der Waals surface area contributed by atoms with E-state index in [2.05, 4.69) is 37.5 Å². The first-order valence-corrected chi connectivity index (χ1v) is 9.06. The molecule has 1 heterocycles. The lowest BCUT2D eigenvalue weighted by Crippen LogP contribution is -2.49. The van der Waals surface area contributed by atoms with Crippen LogP contribution in [0, 0.1) is 17.2 Å². The monoisotopic (exact) mass is 408 g/mol. The number of carbonyl (C=O) groups excluding carboxylic acids is 1. The molecule has 1 N–H and O–H groups in total. The summed E-state index contributed by atoms with van der Waals surface area (Å²) < 4.78 is 6.51. The van der Waals surface area contributed by atoms with Gasteiger partial charge >= 0.3 is 0 Å². The van der Waals surface area contributed by atoms with Gasteiger partial charge in [0.15, 0.2) is 0 Å². The van der Waals surface area contributed by atoms with Crippen LogP contribution in [0.25, 0.3) is 11.5 Å². The molecule has 24 heavy (non-hydrogen) atoms. The summed E-state index contributed by atoms with van der Waals surface area (Å²) in [6, 6.07) is 9.63. The summed E-state index contributed by atoms with van der Waals surface area (Å²) in [6.45, 7) is 5.48. The quantitative estimate of drug-likeness (QED) is 0.733. The fraction of sp³-hybridized carbons (Fsp3) is 0.375. The van der Waals surface area contributed by atoms with Crippen LogP contribution in [0.1, 0.15) is 20.8 Å². The molecule has 0 aliphatic rings. The zero-order chi connectivity index (χ0) is 17.7. The van der Waals surface area contributed by atoms with Crippen molar-refractivity contribution in [2.24, 2.45) is 5.92 Å². The van der Waals surface area contributed by atoms with Crippen molar-refractivity contribution in [3.8, 4) is 17.5 Å². The van der Waals surface area contributed by atoms with Gasteiger partial charge < -0.3 is 9.73 Å². The Morgan fingerprint density at radius 1 is 1.42 bits per heavy atom. The second-order valence-electron chi connectivity index (χ2n) is 5.69. The number of amides is 1. The molecule has 0 aliphatic heterocycles. The van der Waals surface area contributed by atoms with Crippen LogP contribution in [0.2, 0.25) is 0 Å². The molecule has 1 amide bonds. The smallest absolute Gasteiger partial charge is 0.277 e. The lowest BCUT2D eigenvalue weighted by atomic mass is 9.90. The third kappa shape index (κ3) is 4.58. The predicted molar refractivity (Wildman–Crippen MR) is 95.2 cm³/mol. The van der Waals surface area contributed by atoms with E-state index in [0.29, 0.717) is 11.1 Å². The maximum atomic E-state index is 12.0. The molecule has 1 aromatic heterocycles. The van der Waals surface area contributed by atoms with Crippen molar-refractivity contribution >= 4 is 33.6 Å². The van der Waals surface area contributed by atoms with Gasteiger partial charge in [0, 0.05) is 10.0 Å². The number of hydrogen-bond donors (Lipinski definition) is 1. The average Bonchev–Trinajstić information content (AvgIpc) is 3.02. The lowest BCUT2D eigenvalue weighted by Gasteiger charge is -2.27. The van der Waals surface area contributed by atoms with Crippen molar-refractivity contribution in [3.63, 3.8) is 0 Å². The van der Waals surface area contributed by atoms with Gasteiger partial charge in [-0.1, -0.05) is 41.5 Å². The Hall–Kier alpha value is -1.85. The van der Waals surface area contributed by atoms with Crippen LogP contribution < -0.4 is 5.32 Å².